The average molecular weight is 349 g/mol. The summed E-state index contributed by atoms with van der Waals surface area (Å²) in [4.78, 5) is 12.4. The predicted octanol–water partition coefficient (Wildman–Crippen LogP) is 3.57. The van der Waals surface area contributed by atoms with Gasteiger partial charge in [-0.2, -0.15) is 20.2 Å². The number of nitrogens with zero attached hydrogens (tertiary/aromatic N) is 4. The van der Waals surface area contributed by atoms with Crippen molar-refractivity contribution in [2.24, 2.45) is 0 Å². The van der Waals surface area contributed by atoms with E-state index in [1.54, 1.807) is 38.1 Å². The third kappa shape index (κ3) is 3.84. The first-order chi connectivity index (χ1) is 12.4. The highest BCUT2D eigenvalue weighted by Crippen LogP contribution is 2.25. The van der Waals surface area contributed by atoms with Crippen LogP contribution >= 0.6 is 0 Å². The Morgan fingerprint density at radius 3 is 2.12 bits per heavy atom. The van der Waals surface area contributed by atoms with Gasteiger partial charge >= 0.3 is 0 Å². The lowest BCUT2D eigenvalue weighted by Crippen LogP contribution is -2.08. The molecule has 3 rings (SSSR count). The second kappa shape index (κ2) is 7.03. The Kier molecular flexibility index (Phi) is 4.62. The molecule has 4 N–H and O–H groups in total. The zero-order valence-corrected chi connectivity index (χ0v) is 14.2. The number of halogens is 1. The summed E-state index contributed by atoms with van der Waals surface area (Å²) in [7, 11) is 0. The second-order valence-electron chi connectivity index (χ2n) is 5.69. The Morgan fingerprint density at radius 1 is 0.962 bits per heavy atom. The van der Waals surface area contributed by atoms with Gasteiger partial charge in [-0.05, 0) is 61.4 Å². The molecule has 130 valence electrons. The molecule has 0 radical (unpaired) electrons. The van der Waals surface area contributed by atoms with E-state index < -0.39 is 0 Å². The summed E-state index contributed by atoms with van der Waals surface area (Å²) in [6, 6.07) is 11.7. The standard InChI is InChI=1S/C18H16FN7/c1-10-7-13(19)8-11(2)15(10)23-18-25-16(21)24-17(26-18)22-14-5-3-12(9-20)4-6-14/h3-8H,1-2H3,(H4,21,22,23,24,25,26). The van der Waals surface area contributed by atoms with Crippen LogP contribution < -0.4 is 16.4 Å². The molecule has 8 heteroatoms. The number of hydrogen-bond donors (Lipinski definition) is 3. The van der Waals surface area contributed by atoms with Crippen LogP contribution in [0.3, 0.4) is 0 Å². The minimum Gasteiger partial charge on any atom is -0.368 e. The molecule has 0 saturated heterocycles. The fourth-order valence-corrected chi connectivity index (χ4v) is 2.48. The minimum atomic E-state index is -0.302. The first kappa shape index (κ1) is 17.1. The Hall–Kier alpha value is -3.73. The Bertz CT molecular complexity index is 970. The van der Waals surface area contributed by atoms with Crippen molar-refractivity contribution in [3.63, 3.8) is 0 Å². The molecule has 0 amide bonds. The number of nitriles is 1. The first-order valence-electron chi connectivity index (χ1n) is 7.77. The van der Waals surface area contributed by atoms with Crippen molar-refractivity contribution in [1.82, 2.24) is 15.0 Å². The molecule has 0 aliphatic heterocycles. The number of aryl methyl sites for hydroxylation is 2. The Morgan fingerprint density at radius 2 is 1.54 bits per heavy atom. The number of anilines is 5. The molecular weight excluding hydrogens is 333 g/mol. The topological polar surface area (TPSA) is 113 Å². The number of hydrogen-bond acceptors (Lipinski definition) is 7. The van der Waals surface area contributed by atoms with Gasteiger partial charge in [0.05, 0.1) is 11.6 Å². The van der Waals surface area contributed by atoms with Crippen LogP contribution in [0.2, 0.25) is 0 Å². The van der Waals surface area contributed by atoms with E-state index in [0.717, 1.165) is 11.1 Å². The largest absolute Gasteiger partial charge is 0.368 e. The van der Waals surface area contributed by atoms with Crippen molar-refractivity contribution < 1.29 is 4.39 Å². The van der Waals surface area contributed by atoms with Gasteiger partial charge in [0, 0.05) is 11.4 Å². The molecule has 0 bridgehead atoms. The van der Waals surface area contributed by atoms with Gasteiger partial charge in [-0.1, -0.05) is 0 Å². The van der Waals surface area contributed by atoms with Crippen LogP contribution in [0.5, 0.6) is 0 Å². The predicted molar refractivity (Wildman–Crippen MR) is 97.8 cm³/mol. The van der Waals surface area contributed by atoms with Gasteiger partial charge in [0.2, 0.25) is 17.8 Å². The van der Waals surface area contributed by atoms with Crippen molar-refractivity contribution in [1.29, 1.82) is 5.26 Å². The molecule has 3 aromatic rings. The third-order valence-corrected chi connectivity index (χ3v) is 3.66. The summed E-state index contributed by atoms with van der Waals surface area (Å²) in [6.07, 6.45) is 0. The summed E-state index contributed by atoms with van der Waals surface area (Å²) in [6.45, 7) is 3.58. The molecule has 0 atom stereocenters. The molecule has 0 spiro atoms. The molecule has 0 aliphatic rings. The second-order valence-corrected chi connectivity index (χ2v) is 5.69. The van der Waals surface area contributed by atoms with Crippen molar-refractivity contribution in [3.8, 4) is 6.07 Å². The first-order valence-corrected chi connectivity index (χ1v) is 7.77. The quantitative estimate of drug-likeness (QED) is 0.660. The lowest BCUT2D eigenvalue weighted by molar-refractivity contribution is 0.625. The average Bonchev–Trinajstić information content (AvgIpc) is 2.58. The molecule has 2 aromatic carbocycles. The summed E-state index contributed by atoms with van der Waals surface area (Å²) in [5.74, 6) is 0.230. The summed E-state index contributed by atoms with van der Waals surface area (Å²) in [5, 5.41) is 14.9. The summed E-state index contributed by atoms with van der Waals surface area (Å²) >= 11 is 0. The lowest BCUT2D eigenvalue weighted by atomic mass is 10.1. The van der Waals surface area contributed by atoms with Crippen LogP contribution in [-0.2, 0) is 0 Å². The number of aromatic nitrogens is 3. The van der Waals surface area contributed by atoms with Crippen LogP contribution in [-0.4, -0.2) is 15.0 Å². The zero-order chi connectivity index (χ0) is 18.7. The van der Waals surface area contributed by atoms with Gasteiger partial charge < -0.3 is 16.4 Å². The van der Waals surface area contributed by atoms with Crippen LogP contribution in [0.4, 0.5) is 33.6 Å². The van der Waals surface area contributed by atoms with Crippen LogP contribution in [0.1, 0.15) is 16.7 Å². The van der Waals surface area contributed by atoms with E-state index in [2.05, 4.69) is 31.7 Å². The number of nitrogens with one attached hydrogen (secondary N) is 2. The highest BCUT2D eigenvalue weighted by atomic mass is 19.1. The third-order valence-electron chi connectivity index (χ3n) is 3.66. The van der Waals surface area contributed by atoms with Crippen molar-refractivity contribution in [3.05, 3.63) is 58.9 Å². The van der Waals surface area contributed by atoms with E-state index in [9.17, 15) is 4.39 Å². The molecule has 26 heavy (non-hydrogen) atoms. The van der Waals surface area contributed by atoms with Crippen LogP contribution in [0.15, 0.2) is 36.4 Å². The van der Waals surface area contributed by atoms with Crippen molar-refractivity contribution >= 4 is 29.2 Å². The Labute approximate surface area is 149 Å². The summed E-state index contributed by atoms with van der Waals surface area (Å²) in [5.41, 5.74) is 9.18. The molecule has 0 fully saturated rings. The van der Waals surface area contributed by atoms with Gasteiger partial charge in [0.25, 0.3) is 0 Å². The van der Waals surface area contributed by atoms with E-state index in [0.29, 0.717) is 16.9 Å². The van der Waals surface area contributed by atoms with E-state index in [-0.39, 0.29) is 23.7 Å². The van der Waals surface area contributed by atoms with Gasteiger partial charge in [-0.25, -0.2) is 4.39 Å². The SMILES string of the molecule is Cc1cc(F)cc(C)c1Nc1nc(N)nc(Nc2ccc(C#N)cc2)n1. The maximum absolute atomic E-state index is 13.5. The number of nitrogens with two attached hydrogens (primary N) is 1. The molecule has 0 saturated carbocycles. The fourth-order valence-electron chi connectivity index (χ4n) is 2.48. The van der Waals surface area contributed by atoms with E-state index in [1.165, 1.54) is 12.1 Å². The van der Waals surface area contributed by atoms with E-state index in [4.69, 9.17) is 11.0 Å². The van der Waals surface area contributed by atoms with Crippen LogP contribution in [0, 0.1) is 31.0 Å². The molecular formula is C18H16FN7. The van der Waals surface area contributed by atoms with Crippen molar-refractivity contribution in [2.75, 3.05) is 16.4 Å². The minimum absolute atomic E-state index is 0.0380. The smallest absolute Gasteiger partial charge is 0.233 e. The van der Waals surface area contributed by atoms with Gasteiger partial charge in [-0.3, -0.25) is 0 Å². The molecule has 0 unspecified atom stereocenters. The van der Waals surface area contributed by atoms with Gasteiger partial charge in [0.1, 0.15) is 5.82 Å². The molecule has 1 heterocycles. The summed E-state index contributed by atoms with van der Waals surface area (Å²) < 4.78 is 13.5. The number of rotatable bonds is 4. The van der Waals surface area contributed by atoms with Gasteiger partial charge in [-0.15, -0.1) is 0 Å². The van der Waals surface area contributed by atoms with Gasteiger partial charge in [0.15, 0.2) is 0 Å². The normalized spacial score (nSPS) is 10.2. The maximum Gasteiger partial charge on any atom is 0.233 e. The maximum atomic E-state index is 13.5. The number of nitrogen functional groups attached to an aromatic ring is 1. The van der Waals surface area contributed by atoms with E-state index >= 15 is 0 Å². The molecule has 1 aromatic heterocycles. The molecule has 0 aliphatic carbocycles. The highest BCUT2D eigenvalue weighted by molar-refractivity contribution is 5.64. The highest BCUT2D eigenvalue weighted by Gasteiger charge is 2.10. The lowest BCUT2D eigenvalue weighted by Gasteiger charge is -2.13. The Balaban J connectivity index is 1.87. The van der Waals surface area contributed by atoms with Crippen molar-refractivity contribution in [2.45, 2.75) is 13.8 Å². The van der Waals surface area contributed by atoms with Crippen LogP contribution in [0.25, 0.3) is 0 Å². The monoisotopic (exact) mass is 349 g/mol. The number of benzene rings is 2. The zero-order valence-electron chi connectivity index (χ0n) is 14.2. The molecule has 7 nitrogen and oxygen atoms in total. The fraction of sp³-hybridized carbons (Fsp3) is 0.111. The van der Waals surface area contributed by atoms with E-state index in [1.807, 2.05) is 0 Å².